The Morgan fingerprint density at radius 1 is 0.762 bits per heavy atom. The van der Waals surface area contributed by atoms with E-state index < -0.39 is 23.5 Å². The summed E-state index contributed by atoms with van der Waals surface area (Å²) in [5.41, 5.74) is -2.69. The van der Waals surface area contributed by atoms with Gasteiger partial charge in [0, 0.05) is 5.02 Å². The van der Waals surface area contributed by atoms with Gasteiger partial charge in [0.2, 0.25) is 0 Å². The Bertz CT molecular complexity index is 657. The molecule has 0 aromatic heterocycles. The number of benzene rings is 2. The van der Waals surface area contributed by atoms with Crippen LogP contribution in [-0.4, -0.2) is 0 Å². The summed E-state index contributed by atoms with van der Waals surface area (Å²) < 4.78 is 76.9. The second kappa shape index (κ2) is 5.26. The quantitative estimate of drug-likeness (QED) is 0.561. The zero-order chi connectivity index (χ0) is 15.8. The van der Waals surface area contributed by atoms with E-state index in [9.17, 15) is 26.3 Å². The van der Waals surface area contributed by atoms with E-state index in [0.717, 1.165) is 18.2 Å². The van der Waals surface area contributed by atoms with Crippen molar-refractivity contribution in [3.8, 4) is 11.1 Å². The molecule has 0 N–H and O–H groups in total. The summed E-state index contributed by atoms with van der Waals surface area (Å²) in [6.45, 7) is 0. The van der Waals surface area contributed by atoms with Crippen LogP contribution in [0.5, 0.6) is 0 Å². The summed E-state index contributed by atoms with van der Waals surface area (Å²) in [7, 11) is 0. The van der Waals surface area contributed by atoms with Crippen molar-refractivity contribution in [3.05, 3.63) is 58.6 Å². The lowest BCUT2D eigenvalue weighted by Gasteiger charge is -2.15. The smallest absolute Gasteiger partial charge is 0.166 e. The molecule has 0 spiro atoms. The Morgan fingerprint density at radius 3 is 1.95 bits per heavy atom. The summed E-state index contributed by atoms with van der Waals surface area (Å²) in [4.78, 5) is 0. The Balaban J connectivity index is 2.66. The maximum Gasteiger partial charge on any atom is 0.417 e. The molecule has 0 radical (unpaired) electrons. The molecule has 0 saturated carbocycles. The van der Waals surface area contributed by atoms with Crippen LogP contribution in [0.15, 0.2) is 42.5 Å². The predicted molar refractivity (Wildman–Crippen MR) is 66.9 cm³/mol. The lowest BCUT2D eigenvalue weighted by Crippen LogP contribution is -2.08. The van der Waals surface area contributed by atoms with Gasteiger partial charge in [-0.05, 0) is 35.4 Å². The summed E-state index contributed by atoms with van der Waals surface area (Å²) in [6, 6.07) is 6.79. The van der Waals surface area contributed by atoms with Crippen molar-refractivity contribution >= 4 is 11.6 Å². The fourth-order valence-corrected chi connectivity index (χ4v) is 2.13. The van der Waals surface area contributed by atoms with Gasteiger partial charge in [0.1, 0.15) is 0 Å². The van der Waals surface area contributed by atoms with Gasteiger partial charge >= 0.3 is 12.4 Å². The highest BCUT2D eigenvalue weighted by Crippen LogP contribution is 2.40. The molecule has 0 fully saturated rings. The predicted octanol–water partition coefficient (Wildman–Crippen LogP) is 6.04. The van der Waals surface area contributed by atoms with Crippen molar-refractivity contribution in [2.45, 2.75) is 12.4 Å². The van der Waals surface area contributed by atoms with E-state index in [4.69, 9.17) is 11.6 Å². The van der Waals surface area contributed by atoms with Crippen LogP contribution in [0.2, 0.25) is 5.02 Å². The van der Waals surface area contributed by atoms with Crippen LogP contribution in [0.3, 0.4) is 0 Å². The molecule has 0 aliphatic heterocycles. The third-order valence-electron chi connectivity index (χ3n) is 2.77. The summed E-state index contributed by atoms with van der Waals surface area (Å²) in [5, 5.41) is -0.281. The second-order valence-corrected chi connectivity index (χ2v) is 4.71. The lowest BCUT2D eigenvalue weighted by atomic mass is 9.97. The van der Waals surface area contributed by atoms with Crippen molar-refractivity contribution in [2.24, 2.45) is 0 Å². The minimum absolute atomic E-state index is 0.234. The molecule has 2 aromatic rings. The zero-order valence-electron chi connectivity index (χ0n) is 10.2. The van der Waals surface area contributed by atoms with Gasteiger partial charge in [-0.1, -0.05) is 29.8 Å². The molecule has 0 bridgehead atoms. The third-order valence-corrected chi connectivity index (χ3v) is 2.99. The van der Waals surface area contributed by atoms with Crippen molar-refractivity contribution < 1.29 is 26.3 Å². The van der Waals surface area contributed by atoms with E-state index in [0.29, 0.717) is 12.1 Å². The number of rotatable bonds is 1. The van der Waals surface area contributed by atoms with Gasteiger partial charge in [-0.2, -0.15) is 26.3 Å². The fraction of sp³-hybridized carbons (Fsp3) is 0.143. The van der Waals surface area contributed by atoms with E-state index in [-0.39, 0.29) is 16.1 Å². The van der Waals surface area contributed by atoms with Gasteiger partial charge in [0.05, 0.1) is 11.1 Å². The molecule has 7 heteroatoms. The summed E-state index contributed by atoms with van der Waals surface area (Å²) in [6.07, 6.45) is -9.36. The van der Waals surface area contributed by atoms with Gasteiger partial charge in [0.15, 0.2) is 0 Å². The topological polar surface area (TPSA) is 0 Å². The van der Waals surface area contributed by atoms with Crippen LogP contribution in [-0.2, 0) is 12.4 Å². The van der Waals surface area contributed by atoms with Crippen LogP contribution >= 0.6 is 11.6 Å². The van der Waals surface area contributed by atoms with Gasteiger partial charge in [-0.15, -0.1) is 0 Å². The minimum Gasteiger partial charge on any atom is -0.166 e. The van der Waals surface area contributed by atoms with E-state index in [2.05, 4.69) is 0 Å². The first-order valence-electron chi connectivity index (χ1n) is 5.63. The Kier molecular flexibility index (Phi) is 3.93. The molecule has 0 heterocycles. The number of halogens is 7. The maximum absolute atomic E-state index is 12.9. The van der Waals surface area contributed by atoms with Crippen LogP contribution < -0.4 is 0 Å². The highest BCUT2D eigenvalue weighted by atomic mass is 35.5. The molecule has 0 aliphatic carbocycles. The third kappa shape index (κ3) is 3.50. The Morgan fingerprint density at radius 2 is 1.38 bits per heavy atom. The van der Waals surface area contributed by atoms with Crippen molar-refractivity contribution in [1.82, 2.24) is 0 Å². The van der Waals surface area contributed by atoms with E-state index in [1.807, 2.05) is 0 Å². The molecule has 2 aromatic carbocycles. The van der Waals surface area contributed by atoms with Gasteiger partial charge < -0.3 is 0 Å². The molecule has 0 atom stereocenters. The zero-order valence-corrected chi connectivity index (χ0v) is 10.9. The van der Waals surface area contributed by atoms with Gasteiger partial charge in [0.25, 0.3) is 0 Å². The molecule has 112 valence electrons. The molecular weight excluding hydrogens is 318 g/mol. The first kappa shape index (κ1) is 15.7. The molecule has 0 saturated heterocycles. The lowest BCUT2D eigenvalue weighted by molar-refractivity contribution is -0.137. The van der Waals surface area contributed by atoms with Crippen LogP contribution in [0.25, 0.3) is 11.1 Å². The van der Waals surface area contributed by atoms with Crippen LogP contribution in [0, 0.1) is 0 Å². The average molecular weight is 325 g/mol. The molecule has 0 nitrogen and oxygen atoms in total. The van der Waals surface area contributed by atoms with Crippen molar-refractivity contribution in [1.29, 1.82) is 0 Å². The molecule has 21 heavy (non-hydrogen) atoms. The Hall–Kier alpha value is -1.69. The summed E-state index contributed by atoms with van der Waals surface area (Å²) in [5.74, 6) is 0. The van der Waals surface area contributed by atoms with E-state index in [1.54, 1.807) is 0 Å². The van der Waals surface area contributed by atoms with Crippen LogP contribution in [0.4, 0.5) is 26.3 Å². The first-order chi connectivity index (χ1) is 9.59. The standard InChI is InChI=1S/C14H7ClF6/c15-10-6-8(5-9(7-10)13(16,17)18)11-3-1-2-4-12(11)14(19,20)21/h1-7H. The number of alkyl halides is 6. The largest absolute Gasteiger partial charge is 0.417 e. The van der Waals surface area contributed by atoms with E-state index >= 15 is 0 Å². The van der Waals surface area contributed by atoms with Crippen LogP contribution in [0.1, 0.15) is 11.1 Å². The normalized spacial score (nSPS) is 12.5. The molecule has 0 amide bonds. The Labute approximate surface area is 121 Å². The van der Waals surface area contributed by atoms with Gasteiger partial charge in [-0.25, -0.2) is 0 Å². The summed E-state index contributed by atoms with van der Waals surface area (Å²) >= 11 is 5.59. The highest BCUT2D eigenvalue weighted by molar-refractivity contribution is 6.31. The van der Waals surface area contributed by atoms with Crippen molar-refractivity contribution in [3.63, 3.8) is 0 Å². The number of hydrogen-bond donors (Lipinski definition) is 0. The molecule has 2 rings (SSSR count). The minimum atomic E-state index is -4.69. The molecular formula is C14H7ClF6. The number of hydrogen-bond acceptors (Lipinski definition) is 0. The second-order valence-electron chi connectivity index (χ2n) is 4.27. The molecule has 0 unspecified atom stereocenters. The van der Waals surface area contributed by atoms with Gasteiger partial charge in [-0.3, -0.25) is 0 Å². The monoisotopic (exact) mass is 324 g/mol. The van der Waals surface area contributed by atoms with Crippen molar-refractivity contribution in [2.75, 3.05) is 0 Å². The highest BCUT2D eigenvalue weighted by Gasteiger charge is 2.35. The first-order valence-corrected chi connectivity index (χ1v) is 6.01. The van der Waals surface area contributed by atoms with E-state index in [1.165, 1.54) is 12.1 Å². The SMILES string of the molecule is FC(F)(F)c1cc(Cl)cc(-c2ccccc2C(F)(F)F)c1. The fourth-order valence-electron chi connectivity index (χ4n) is 1.89. The maximum atomic E-state index is 12.9. The molecule has 0 aliphatic rings. The average Bonchev–Trinajstić information content (AvgIpc) is 2.36.